The molecule has 0 unspecified atom stereocenters. The number of carbonyl (C=O) groups excluding carboxylic acids is 2. The van der Waals surface area contributed by atoms with E-state index in [1.807, 2.05) is 28.5 Å². The molecule has 0 N–H and O–H groups in total. The number of hydrogen-bond acceptors (Lipinski definition) is 7. The molecule has 0 saturated carbocycles. The molecule has 1 aromatic carbocycles. The molecule has 6 nitrogen and oxygen atoms in total. The fraction of sp³-hybridized carbons (Fsp3) is 0.400. The SMILES string of the molecule is COC(=O)[C@@]1(Cc2cscn2)C[C@H]2CC[C@@H]1N2C(=O)c1ccc2scnc2c1. The number of hydrogen-bond donors (Lipinski definition) is 0. The molecule has 2 aliphatic rings. The van der Waals surface area contributed by atoms with Gasteiger partial charge in [-0.1, -0.05) is 0 Å². The van der Waals surface area contributed by atoms with Crippen molar-refractivity contribution in [2.45, 2.75) is 37.8 Å². The summed E-state index contributed by atoms with van der Waals surface area (Å²) in [4.78, 5) is 37.0. The van der Waals surface area contributed by atoms with Gasteiger partial charge in [-0.05, 0) is 37.5 Å². The molecule has 4 heterocycles. The Morgan fingerprint density at radius 3 is 2.96 bits per heavy atom. The summed E-state index contributed by atoms with van der Waals surface area (Å²) in [5.74, 6) is -0.257. The number of fused-ring (bicyclic) bond motifs is 3. The lowest BCUT2D eigenvalue weighted by atomic mass is 9.71. The number of thiazole rings is 2. The van der Waals surface area contributed by atoms with Crippen LogP contribution >= 0.6 is 22.7 Å². The Bertz CT molecular complexity index is 1050. The first-order valence-electron chi connectivity index (χ1n) is 9.24. The minimum atomic E-state index is -0.716. The fourth-order valence-corrected chi connectivity index (χ4v) is 6.18. The lowest BCUT2D eigenvalue weighted by Gasteiger charge is -2.34. The van der Waals surface area contributed by atoms with E-state index in [0.29, 0.717) is 18.4 Å². The van der Waals surface area contributed by atoms with E-state index in [9.17, 15) is 9.59 Å². The number of esters is 1. The maximum atomic E-state index is 13.4. The lowest BCUT2D eigenvalue weighted by molar-refractivity contribution is -0.154. The Labute approximate surface area is 170 Å². The lowest BCUT2D eigenvalue weighted by Crippen LogP contribution is -2.47. The summed E-state index contributed by atoms with van der Waals surface area (Å²) < 4.78 is 6.27. The van der Waals surface area contributed by atoms with Gasteiger partial charge in [0, 0.05) is 29.4 Å². The van der Waals surface area contributed by atoms with Gasteiger partial charge in [-0.25, -0.2) is 9.97 Å². The number of nitrogens with zero attached hydrogens (tertiary/aromatic N) is 3. The molecule has 1 amide bonds. The number of benzene rings is 1. The molecule has 2 saturated heterocycles. The van der Waals surface area contributed by atoms with Gasteiger partial charge in [-0.2, -0.15) is 0 Å². The number of ether oxygens (including phenoxy) is 1. The van der Waals surface area contributed by atoms with Gasteiger partial charge >= 0.3 is 5.97 Å². The van der Waals surface area contributed by atoms with Crippen LogP contribution < -0.4 is 0 Å². The molecule has 144 valence electrons. The molecule has 5 rings (SSSR count). The van der Waals surface area contributed by atoms with Crippen molar-refractivity contribution >= 4 is 44.8 Å². The minimum Gasteiger partial charge on any atom is -0.469 e. The van der Waals surface area contributed by atoms with Gasteiger partial charge < -0.3 is 9.64 Å². The quantitative estimate of drug-likeness (QED) is 0.612. The first-order valence-corrected chi connectivity index (χ1v) is 11.1. The predicted octanol–water partition coefficient (Wildman–Crippen LogP) is 3.53. The third kappa shape index (κ3) is 2.58. The van der Waals surface area contributed by atoms with Crippen LogP contribution in [0.15, 0.2) is 34.6 Å². The topological polar surface area (TPSA) is 72.4 Å². The van der Waals surface area contributed by atoms with Crippen LogP contribution in [-0.4, -0.2) is 45.9 Å². The molecule has 3 aromatic rings. The second kappa shape index (κ2) is 6.63. The van der Waals surface area contributed by atoms with E-state index >= 15 is 0 Å². The van der Waals surface area contributed by atoms with E-state index in [2.05, 4.69) is 9.97 Å². The van der Waals surface area contributed by atoms with Crippen molar-refractivity contribution in [3.63, 3.8) is 0 Å². The highest BCUT2D eigenvalue weighted by molar-refractivity contribution is 7.16. The maximum absolute atomic E-state index is 13.4. The Balaban J connectivity index is 1.50. The zero-order valence-corrected chi connectivity index (χ0v) is 17.0. The molecule has 2 fully saturated rings. The number of methoxy groups -OCH3 is 1. The molecule has 8 heteroatoms. The zero-order valence-electron chi connectivity index (χ0n) is 15.3. The first kappa shape index (κ1) is 17.8. The molecular formula is C20H19N3O3S2. The summed E-state index contributed by atoms with van der Waals surface area (Å²) >= 11 is 3.08. The number of aromatic nitrogens is 2. The van der Waals surface area contributed by atoms with E-state index in [1.165, 1.54) is 18.4 Å². The van der Waals surface area contributed by atoms with Crippen molar-refractivity contribution < 1.29 is 14.3 Å². The highest BCUT2D eigenvalue weighted by atomic mass is 32.1. The fourth-order valence-electron chi connectivity index (χ4n) is 4.96. The van der Waals surface area contributed by atoms with Crippen LogP contribution in [0.1, 0.15) is 35.3 Å². The predicted molar refractivity (Wildman–Crippen MR) is 107 cm³/mol. The van der Waals surface area contributed by atoms with Crippen LogP contribution in [0.25, 0.3) is 10.2 Å². The van der Waals surface area contributed by atoms with Gasteiger partial charge in [-0.15, -0.1) is 22.7 Å². The van der Waals surface area contributed by atoms with Gasteiger partial charge in [0.2, 0.25) is 0 Å². The Morgan fingerprint density at radius 1 is 1.29 bits per heavy atom. The van der Waals surface area contributed by atoms with Crippen molar-refractivity contribution in [2.75, 3.05) is 7.11 Å². The van der Waals surface area contributed by atoms with E-state index < -0.39 is 5.41 Å². The van der Waals surface area contributed by atoms with Crippen LogP contribution in [0.2, 0.25) is 0 Å². The van der Waals surface area contributed by atoms with Crippen molar-refractivity contribution in [3.05, 3.63) is 45.9 Å². The van der Waals surface area contributed by atoms with Crippen molar-refractivity contribution in [2.24, 2.45) is 5.41 Å². The first-order chi connectivity index (χ1) is 13.6. The standard InChI is InChI=1S/C20H19N3O3S2/c1-26-19(25)20(7-13-9-27-10-21-13)8-14-3-5-17(20)23(14)18(24)12-2-4-16-15(6-12)22-11-28-16/h2,4,6,9-11,14,17H,3,5,7-8H2,1H3/t14-,17+,20+/m1/s1. The summed E-state index contributed by atoms with van der Waals surface area (Å²) in [6.07, 6.45) is 2.88. The Hall–Kier alpha value is -2.32. The van der Waals surface area contributed by atoms with Crippen LogP contribution in [0.4, 0.5) is 0 Å². The third-order valence-corrected chi connectivity index (χ3v) is 7.57. The third-order valence-electron chi connectivity index (χ3n) is 6.12. The van der Waals surface area contributed by atoms with Gasteiger partial charge in [0.1, 0.15) is 0 Å². The average Bonchev–Trinajstić information content (AvgIpc) is 3.49. The van der Waals surface area contributed by atoms with E-state index in [0.717, 1.165) is 28.8 Å². The maximum Gasteiger partial charge on any atom is 0.314 e. The number of amides is 1. The second-order valence-corrected chi connectivity index (χ2v) is 9.11. The highest BCUT2D eigenvalue weighted by Crippen LogP contribution is 2.52. The summed E-state index contributed by atoms with van der Waals surface area (Å²) in [7, 11) is 1.43. The van der Waals surface area contributed by atoms with Crippen molar-refractivity contribution in [3.8, 4) is 0 Å². The summed E-state index contributed by atoms with van der Waals surface area (Å²) in [5.41, 5.74) is 5.20. The van der Waals surface area contributed by atoms with Gasteiger partial charge in [-0.3, -0.25) is 9.59 Å². The Kier molecular flexibility index (Phi) is 4.21. The highest BCUT2D eigenvalue weighted by Gasteiger charge is 2.62. The Morgan fingerprint density at radius 2 is 2.18 bits per heavy atom. The van der Waals surface area contributed by atoms with Gasteiger partial charge in [0.15, 0.2) is 0 Å². The second-order valence-electron chi connectivity index (χ2n) is 7.50. The number of carbonyl (C=O) groups is 2. The smallest absolute Gasteiger partial charge is 0.314 e. The molecule has 2 aliphatic heterocycles. The van der Waals surface area contributed by atoms with Crippen LogP contribution in [0.3, 0.4) is 0 Å². The average molecular weight is 414 g/mol. The largest absolute Gasteiger partial charge is 0.469 e. The monoisotopic (exact) mass is 413 g/mol. The van der Waals surface area contributed by atoms with E-state index in [1.54, 1.807) is 22.4 Å². The van der Waals surface area contributed by atoms with Crippen LogP contribution in [0, 0.1) is 5.41 Å². The molecular weight excluding hydrogens is 394 g/mol. The molecule has 0 spiro atoms. The molecule has 2 aromatic heterocycles. The van der Waals surface area contributed by atoms with E-state index in [-0.39, 0.29) is 24.0 Å². The summed E-state index contributed by atoms with van der Waals surface area (Å²) in [6.45, 7) is 0. The van der Waals surface area contributed by atoms with Crippen LogP contribution in [0.5, 0.6) is 0 Å². The summed E-state index contributed by atoms with van der Waals surface area (Å²) in [6, 6.07) is 5.56. The molecule has 28 heavy (non-hydrogen) atoms. The molecule has 2 bridgehead atoms. The van der Waals surface area contributed by atoms with Crippen LogP contribution in [-0.2, 0) is 16.0 Å². The van der Waals surface area contributed by atoms with Crippen molar-refractivity contribution in [1.82, 2.24) is 14.9 Å². The molecule has 3 atom stereocenters. The zero-order chi connectivity index (χ0) is 19.3. The molecule has 0 radical (unpaired) electrons. The number of rotatable bonds is 4. The van der Waals surface area contributed by atoms with E-state index in [4.69, 9.17) is 4.74 Å². The molecule has 0 aliphatic carbocycles. The minimum absolute atomic E-state index is 0.0218. The normalized spacial score (nSPS) is 26.1. The van der Waals surface area contributed by atoms with Gasteiger partial charge in [0.05, 0.1) is 39.5 Å². The van der Waals surface area contributed by atoms with Gasteiger partial charge in [0.25, 0.3) is 5.91 Å². The van der Waals surface area contributed by atoms with Crippen molar-refractivity contribution in [1.29, 1.82) is 0 Å². The summed E-state index contributed by atoms with van der Waals surface area (Å²) in [5, 5.41) is 1.97.